The van der Waals surface area contributed by atoms with E-state index in [4.69, 9.17) is 11.0 Å². The van der Waals surface area contributed by atoms with Crippen LogP contribution in [0.15, 0.2) is 24.3 Å². The number of benzene rings is 1. The molecule has 0 bridgehead atoms. The Morgan fingerprint density at radius 2 is 2.31 bits per heavy atom. The maximum absolute atomic E-state index is 9.19. The Labute approximate surface area is 76.7 Å². The minimum atomic E-state index is 0.00685. The van der Waals surface area contributed by atoms with Crippen molar-refractivity contribution >= 4 is 6.08 Å². The molecule has 3 heteroatoms. The smallest absolute Gasteiger partial charge is 0.133 e. The Kier molecular flexibility index (Phi) is 3.07. The molecule has 0 heterocycles. The first-order valence-corrected chi connectivity index (χ1v) is 3.87. The van der Waals surface area contributed by atoms with Crippen LogP contribution in [0.1, 0.15) is 11.1 Å². The number of aromatic hydroxyl groups is 1. The predicted molar refractivity (Wildman–Crippen MR) is 50.9 cm³/mol. The van der Waals surface area contributed by atoms with Gasteiger partial charge in [0.25, 0.3) is 0 Å². The number of hydrogen-bond donors (Lipinski definition) is 2. The van der Waals surface area contributed by atoms with Crippen molar-refractivity contribution in [3.8, 4) is 11.8 Å². The molecule has 3 N–H and O–H groups in total. The van der Waals surface area contributed by atoms with Gasteiger partial charge in [-0.15, -0.1) is 0 Å². The Balaban J connectivity index is 3.01. The van der Waals surface area contributed by atoms with Crippen molar-refractivity contribution in [3.05, 3.63) is 35.4 Å². The van der Waals surface area contributed by atoms with Crippen LogP contribution in [0.3, 0.4) is 0 Å². The minimum Gasteiger partial charge on any atom is -0.507 e. The summed E-state index contributed by atoms with van der Waals surface area (Å²) in [6.07, 6.45) is 3.59. The van der Waals surface area contributed by atoms with Gasteiger partial charge >= 0.3 is 0 Å². The van der Waals surface area contributed by atoms with Crippen LogP contribution in [0.5, 0.6) is 5.75 Å². The summed E-state index contributed by atoms with van der Waals surface area (Å²) in [5.41, 5.74) is 6.41. The first-order valence-electron chi connectivity index (χ1n) is 3.87. The molecule has 3 nitrogen and oxygen atoms in total. The molecule has 1 rings (SSSR count). The van der Waals surface area contributed by atoms with E-state index in [1.54, 1.807) is 24.3 Å². The molecule has 13 heavy (non-hydrogen) atoms. The van der Waals surface area contributed by atoms with Crippen molar-refractivity contribution in [1.29, 1.82) is 5.26 Å². The van der Waals surface area contributed by atoms with Crippen LogP contribution >= 0.6 is 0 Å². The summed E-state index contributed by atoms with van der Waals surface area (Å²) in [4.78, 5) is 0. The molecule has 0 aliphatic heterocycles. The van der Waals surface area contributed by atoms with E-state index < -0.39 is 0 Å². The van der Waals surface area contributed by atoms with E-state index in [2.05, 4.69) is 0 Å². The van der Waals surface area contributed by atoms with E-state index in [0.717, 1.165) is 5.56 Å². The molecule has 0 unspecified atom stereocenters. The summed E-state index contributed by atoms with van der Waals surface area (Å²) in [6.45, 7) is 0.461. The molecule has 1 aromatic carbocycles. The van der Waals surface area contributed by atoms with Crippen molar-refractivity contribution in [2.45, 2.75) is 0 Å². The van der Waals surface area contributed by atoms with Crippen molar-refractivity contribution in [1.82, 2.24) is 0 Å². The van der Waals surface area contributed by atoms with E-state index in [9.17, 15) is 5.11 Å². The highest BCUT2D eigenvalue weighted by atomic mass is 16.3. The molecular weight excluding hydrogens is 164 g/mol. The monoisotopic (exact) mass is 174 g/mol. The molecule has 0 saturated heterocycles. The maximum atomic E-state index is 9.19. The molecule has 0 spiro atoms. The summed E-state index contributed by atoms with van der Waals surface area (Å²) in [5.74, 6) is 0.00685. The molecule has 0 radical (unpaired) electrons. The number of rotatable bonds is 2. The summed E-state index contributed by atoms with van der Waals surface area (Å²) in [6, 6.07) is 6.73. The lowest BCUT2D eigenvalue weighted by atomic mass is 10.1. The molecule has 0 saturated carbocycles. The minimum absolute atomic E-state index is 0.00685. The van der Waals surface area contributed by atoms with Gasteiger partial charge in [-0.3, -0.25) is 0 Å². The SMILES string of the molecule is N#Cc1cc(C=CCN)ccc1O. The van der Waals surface area contributed by atoms with E-state index in [1.165, 1.54) is 6.07 Å². The Morgan fingerprint density at radius 1 is 1.54 bits per heavy atom. The summed E-state index contributed by atoms with van der Waals surface area (Å²) in [5, 5.41) is 17.8. The number of phenolic OH excluding ortho intramolecular Hbond substituents is 1. The molecule has 0 atom stereocenters. The van der Waals surface area contributed by atoms with Gasteiger partial charge in [0.2, 0.25) is 0 Å². The molecule has 1 aromatic rings. The molecule has 66 valence electrons. The molecule has 0 amide bonds. The van der Waals surface area contributed by atoms with E-state index >= 15 is 0 Å². The second kappa shape index (κ2) is 4.29. The average Bonchev–Trinajstić information content (AvgIpc) is 2.16. The number of phenols is 1. The van der Waals surface area contributed by atoms with Crippen molar-refractivity contribution in [3.63, 3.8) is 0 Å². The van der Waals surface area contributed by atoms with E-state index in [-0.39, 0.29) is 11.3 Å². The number of hydrogen-bond acceptors (Lipinski definition) is 3. The fourth-order valence-electron chi connectivity index (χ4n) is 0.951. The second-order valence-electron chi connectivity index (χ2n) is 2.53. The highest BCUT2D eigenvalue weighted by molar-refractivity contribution is 5.56. The summed E-state index contributed by atoms with van der Waals surface area (Å²) >= 11 is 0. The Morgan fingerprint density at radius 3 is 2.92 bits per heavy atom. The first-order chi connectivity index (χ1) is 6.27. The van der Waals surface area contributed by atoms with Crippen LogP contribution in [-0.4, -0.2) is 11.7 Å². The molecular formula is C10H10N2O. The van der Waals surface area contributed by atoms with Gasteiger partial charge in [-0.05, 0) is 17.7 Å². The van der Waals surface area contributed by atoms with Gasteiger partial charge in [-0.1, -0.05) is 18.2 Å². The third-order valence-corrected chi connectivity index (χ3v) is 1.59. The van der Waals surface area contributed by atoms with E-state index in [0.29, 0.717) is 6.54 Å². The molecule has 0 aromatic heterocycles. The van der Waals surface area contributed by atoms with E-state index in [1.807, 2.05) is 6.07 Å². The van der Waals surface area contributed by atoms with Gasteiger partial charge < -0.3 is 10.8 Å². The quantitative estimate of drug-likeness (QED) is 0.708. The second-order valence-corrected chi connectivity index (χ2v) is 2.53. The van der Waals surface area contributed by atoms with Gasteiger partial charge in [0.1, 0.15) is 11.8 Å². The zero-order valence-corrected chi connectivity index (χ0v) is 7.07. The van der Waals surface area contributed by atoms with Crippen molar-refractivity contribution < 1.29 is 5.11 Å². The number of nitrogens with two attached hydrogens (primary N) is 1. The topological polar surface area (TPSA) is 70.0 Å². The fourth-order valence-corrected chi connectivity index (χ4v) is 0.951. The average molecular weight is 174 g/mol. The molecule has 0 aliphatic rings. The largest absolute Gasteiger partial charge is 0.507 e. The molecule has 0 aliphatic carbocycles. The van der Waals surface area contributed by atoms with Crippen molar-refractivity contribution in [2.24, 2.45) is 5.73 Å². The van der Waals surface area contributed by atoms with Crippen LogP contribution < -0.4 is 5.73 Å². The predicted octanol–water partition coefficient (Wildman–Crippen LogP) is 1.24. The van der Waals surface area contributed by atoms with Gasteiger partial charge in [-0.2, -0.15) is 5.26 Å². The van der Waals surface area contributed by atoms with Crippen molar-refractivity contribution in [2.75, 3.05) is 6.54 Å². The maximum Gasteiger partial charge on any atom is 0.133 e. The van der Waals surface area contributed by atoms with Crippen LogP contribution in [-0.2, 0) is 0 Å². The Hall–Kier alpha value is -1.79. The van der Waals surface area contributed by atoms with Crippen LogP contribution in [0, 0.1) is 11.3 Å². The van der Waals surface area contributed by atoms with Crippen LogP contribution in [0.25, 0.3) is 6.08 Å². The van der Waals surface area contributed by atoms with Crippen LogP contribution in [0.4, 0.5) is 0 Å². The third-order valence-electron chi connectivity index (χ3n) is 1.59. The lowest BCUT2D eigenvalue weighted by molar-refractivity contribution is 0.473. The van der Waals surface area contributed by atoms with Gasteiger partial charge in [0.15, 0.2) is 0 Å². The van der Waals surface area contributed by atoms with Gasteiger partial charge in [0.05, 0.1) is 5.56 Å². The van der Waals surface area contributed by atoms with Crippen LogP contribution in [0.2, 0.25) is 0 Å². The fraction of sp³-hybridized carbons (Fsp3) is 0.100. The van der Waals surface area contributed by atoms with Gasteiger partial charge in [0, 0.05) is 6.54 Å². The summed E-state index contributed by atoms with van der Waals surface area (Å²) in [7, 11) is 0. The molecule has 0 fully saturated rings. The highest BCUT2D eigenvalue weighted by Crippen LogP contribution is 2.17. The highest BCUT2D eigenvalue weighted by Gasteiger charge is 1.98. The zero-order chi connectivity index (χ0) is 9.68. The zero-order valence-electron chi connectivity index (χ0n) is 7.07. The summed E-state index contributed by atoms with van der Waals surface area (Å²) < 4.78 is 0. The lowest BCUT2D eigenvalue weighted by Crippen LogP contribution is -1.91. The van der Waals surface area contributed by atoms with Gasteiger partial charge in [-0.25, -0.2) is 0 Å². The lowest BCUT2D eigenvalue weighted by Gasteiger charge is -1.97. The first kappa shape index (κ1) is 9.30. The Bertz CT molecular complexity index is 364. The third kappa shape index (κ3) is 2.32. The normalized spacial score (nSPS) is 10.2. The standard InChI is InChI=1S/C10H10N2O/c11-5-1-2-8-3-4-10(13)9(6-8)7-12/h1-4,6,13H,5,11H2. The number of nitriles is 1. The number of nitrogens with zero attached hydrogens (tertiary/aromatic N) is 1.